The Hall–Kier alpha value is -3.80. The number of primary amides is 1. The SMILES string of the molecule is CN(C)c1cc(NCc2ccc(C(C)(C)C)cc2)c(O)c2c1C[C@@H]1C[C@@H]3[C@@H](N(C)C)C(O)C(C(N)=O)C(=O)[C@]3(O)C(=O)C1C2=O. The number of Topliss-reactive ketones (excluding diaryl/α,β-unsaturated/α-hetero) is 3. The van der Waals surface area contributed by atoms with Crippen LogP contribution in [0.5, 0.6) is 5.75 Å². The molecule has 11 nitrogen and oxygen atoms in total. The van der Waals surface area contributed by atoms with Crippen LogP contribution in [0.25, 0.3) is 0 Å². The van der Waals surface area contributed by atoms with E-state index in [2.05, 4.69) is 38.2 Å². The number of ketones is 3. The summed E-state index contributed by atoms with van der Waals surface area (Å²) in [6.07, 6.45) is -1.25. The Balaban J connectivity index is 1.54. The van der Waals surface area contributed by atoms with Crippen molar-refractivity contribution >= 4 is 34.6 Å². The number of rotatable bonds is 6. The highest BCUT2D eigenvalue weighted by Gasteiger charge is 2.69. The van der Waals surface area contributed by atoms with Gasteiger partial charge in [-0.15, -0.1) is 0 Å². The van der Waals surface area contributed by atoms with E-state index in [1.807, 2.05) is 31.1 Å². The number of carbonyl (C=O) groups excluding carboxylic acids is 4. The summed E-state index contributed by atoms with van der Waals surface area (Å²) in [4.78, 5) is 57.6. The molecule has 0 bridgehead atoms. The Bertz CT molecular complexity index is 1560. The molecule has 242 valence electrons. The number of fused-ring (bicyclic) bond motifs is 3. The quantitative estimate of drug-likeness (QED) is 0.236. The number of hydrogen-bond acceptors (Lipinski definition) is 10. The van der Waals surface area contributed by atoms with Crippen LogP contribution in [0.4, 0.5) is 11.4 Å². The number of aliphatic hydroxyl groups is 2. The van der Waals surface area contributed by atoms with E-state index in [0.29, 0.717) is 23.5 Å². The molecular formula is C34H44N4O7. The molecule has 3 aliphatic carbocycles. The van der Waals surface area contributed by atoms with Crippen LogP contribution in [0.15, 0.2) is 30.3 Å². The molecule has 45 heavy (non-hydrogen) atoms. The van der Waals surface area contributed by atoms with E-state index < -0.39 is 64.7 Å². The summed E-state index contributed by atoms with van der Waals surface area (Å²) in [5, 5.41) is 37.6. The molecule has 0 saturated heterocycles. The van der Waals surface area contributed by atoms with Crippen LogP contribution in [-0.4, -0.2) is 89.4 Å². The molecule has 2 aromatic rings. The number of nitrogens with one attached hydrogen (secondary N) is 1. The first-order valence-corrected chi connectivity index (χ1v) is 15.3. The number of nitrogens with two attached hydrogens (primary N) is 1. The number of aliphatic hydroxyl groups excluding tert-OH is 1. The van der Waals surface area contributed by atoms with Crippen molar-refractivity contribution in [3.8, 4) is 5.75 Å². The molecule has 5 rings (SSSR count). The molecule has 0 spiro atoms. The van der Waals surface area contributed by atoms with Gasteiger partial charge in [-0.05, 0) is 61.0 Å². The minimum Gasteiger partial charge on any atom is -0.505 e. The van der Waals surface area contributed by atoms with Gasteiger partial charge in [0.05, 0.1) is 23.3 Å². The number of anilines is 2. The molecule has 0 aliphatic heterocycles. The van der Waals surface area contributed by atoms with Gasteiger partial charge < -0.3 is 36.2 Å². The van der Waals surface area contributed by atoms with Gasteiger partial charge in [-0.25, -0.2) is 0 Å². The van der Waals surface area contributed by atoms with Crippen molar-refractivity contribution in [3.05, 3.63) is 52.6 Å². The fraction of sp³-hybridized carbons (Fsp3) is 0.529. The van der Waals surface area contributed by atoms with Gasteiger partial charge in [0, 0.05) is 38.3 Å². The van der Waals surface area contributed by atoms with Crippen molar-refractivity contribution in [3.63, 3.8) is 0 Å². The van der Waals surface area contributed by atoms with Crippen molar-refractivity contribution in [2.45, 2.75) is 63.3 Å². The largest absolute Gasteiger partial charge is 0.505 e. The summed E-state index contributed by atoms with van der Waals surface area (Å²) in [6, 6.07) is 8.95. The van der Waals surface area contributed by atoms with Gasteiger partial charge in [-0.3, -0.25) is 19.2 Å². The molecule has 0 heterocycles. The second-order valence-corrected chi connectivity index (χ2v) is 14.3. The lowest BCUT2D eigenvalue weighted by molar-refractivity contribution is -0.190. The van der Waals surface area contributed by atoms with Crippen LogP contribution in [-0.2, 0) is 32.8 Å². The zero-order chi connectivity index (χ0) is 33.3. The van der Waals surface area contributed by atoms with Gasteiger partial charge in [0.25, 0.3) is 0 Å². The highest BCUT2D eigenvalue weighted by molar-refractivity contribution is 6.26. The van der Waals surface area contributed by atoms with Crippen molar-refractivity contribution in [2.24, 2.45) is 29.4 Å². The van der Waals surface area contributed by atoms with Gasteiger partial charge in [-0.1, -0.05) is 45.0 Å². The normalized spacial score (nSPS) is 29.6. The standard InChI is InChI=1S/C34H44N4O7/c1-33(2,3)18-10-8-16(9-11-18)15-36-21-14-22(37(4)5)19-12-17-13-20-26(38(6)7)29(41)25(32(35)44)31(43)34(20,45)30(42)23(17)28(40)24(19)27(21)39/h8-11,14,17,20,23,25-26,29,36,39,41,45H,12-13,15H2,1-7H3,(H2,35,44)/t17-,20-,23?,25?,26-,29?,34-/m1/s1. The van der Waals surface area contributed by atoms with Crippen LogP contribution in [0.2, 0.25) is 0 Å². The number of hydrogen-bond donors (Lipinski definition) is 5. The lowest BCUT2D eigenvalue weighted by Crippen LogP contribution is -2.75. The number of benzene rings is 2. The van der Waals surface area contributed by atoms with E-state index in [9.17, 15) is 34.5 Å². The number of likely N-dealkylation sites (N-methyl/N-ethyl adjacent to an activating group) is 1. The number of phenolic OH excluding ortho intramolecular Hbond substituents is 1. The molecule has 0 radical (unpaired) electrons. The Morgan fingerprint density at radius 2 is 1.69 bits per heavy atom. The molecule has 0 aromatic heterocycles. The molecule has 3 unspecified atom stereocenters. The van der Waals surface area contributed by atoms with Crippen molar-refractivity contribution in [2.75, 3.05) is 38.4 Å². The smallest absolute Gasteiger partial charge is 0.230 e. The molecule has 11 heteroatoms. The summed E-state index contributed by atoms with van der Waals surface area (Å²) in [6.45, 7) is 6.77. The lowest BCUT2D eigenvalue weighted by Gasteiger charge is -2.55. The topological polar surface area (TPSA) is 173 Å². The summed E-state index contributed by atoms with van der Waals surface area (Å²) >= 11 is 0. The first-order valence-electron chi connectivity index (χ1n) is 15.3. The molecule has 2 aromatic carbocycles. The minimum absolute atomic E-state index is 0.00143. The first kappa shape index (κ1) is 32.6. The molecule has 2 fully saturated rings. The van der Waals surface area contributed by atoms with E-state index in [-0.39, 0.29) is 29.6 Å². The van der Waals surface area contributed by atoms with E-state index in [1.54, 1.807) is 25.1 Å². The molecular weight excluding hydrogens is 576 g/mol. The minimum atomic E-state index is -2.70. The summed E-state index contributed by atoms with van der Waals surface area (Å²) < 4.78 is 0. The van der Waals surface area contributed by atoms with E-state index >= 15 is 0 Å². The van der Waals surface area contributed by atoms with Crippen LogP contribution in [0.1, 0.15) is 54.2 Å². The number of amides is 1. The predicted octanol–water partition coefficient (Wildman–Crippen LogP) is 1.63. The highest BCUT2D eigenvalue weighted by atomic mass is 16.3. The summed E-state index contributed by atoms with van der Waals surface area (Å²) in [7, 11) is 6.89. The van der Waals surface area contributed by atoms with Gasteiger partial charge in [-0.2, -0.15) is 0 Å². The monoisotopic (exact) mass is 620 g/mol. The second kappa shape index (κ2) is 11.2. The third-order valence-corrected chi connectivity index (χ3v) is 10.1. The fourth-order valence-corrected chi connectivity index (χ4v) is 7.72. The maximum atomic E-state index is 14.2. The van der Waals surface area contributed by atoms with Gasteiger partial charge in [0.1, 0.15) is 11.7 Å². The Kier molecular flexibility index (Phi) is 8.13. The van der Waals surface area contributed by atoms with Crippen molar-refractivity contribution in [1.29, 1.82) is 0 Å². The molecule has 6 N–H and O–H groups in total. The number of nitrogens with zero attached hydrogens (tertiary/aromatic N) is 2. The van der Waals surface area contributed by atoms with Gasteiger partial charge in [0.15, 0.2) is 23.0 Å². The van der Waals surface area contributed by atoms with Crippen LogP contribution in [0.3, 0.4) is 0 Å². The number of phenols is 1. The maximum Gasteiger partial charge on any atom is 0.230 e. The molecule has 7 atom stereocenters. The fourth-order valence-electron chi connectivity index (χ4n) is 7.72. The Morgan fingerprint density at radius 1 is 1.07 bits per heavy atom. The molecule has 3 aliphatic rings. The summed E-state index contributed by atoms with van der Waals surface area (Å²) in [5.74, 6) is -9.26. The van der Waals surface area contributed by atoms with Crippen LogP contribution in [0, 0.1) is 23.7 Å². The molecule has 2 saturated carbocycles. The number of carbonyl (C=O) groups is 4. The average molecular weight is 621 g/mol. The van der Waals surface area contributed by atoms with Gasteiger partial charge >= 0.3 is 0 Å². The van der Waals surface area contributed by atoms with E-state index in [0.717, 1.165) is 5.56 Å². The zero-order valence-electron chi connectivity index (χ0n) is 26.9. The Labute approximate surface area is 263 Å². The van der Waals surface area contributed by atoms with Crippen LogP contribution < -0.4 is 16.0 Å². The lowest BCUT2D eigenvalue weighted by atomic mass is 9.52. The van der Waals surface area contributed by atoms with Crippen molar-refractivity contribution in [1.82, 2.24) is 4.90 Å². The van der Waals surface area contributed by atoms with Crippen molar-refractivity contribution < 1.29 is 34.5 Å². The van der Waals surface area contributed by atoms with Gasteiger partial charge in [0.2, 0.25) is 5.91 Å². The maximum absolute atomic E-state index is 14.2. The highest BCUT2D eigenvalue weighted by Crippen LogP contribution is 2.53. The zero-order valence-corrected chi connectivity index (χ0v) is 26.9. The number of aromatic hydroxyl groups is 1. The summed E-state index contributed by atoms with van der Waals surface area (Å²) in [5.41, 5.74) is 6.46. The second-order valence-electron chi connectivity index (χ2n) is 14.3. The molecule has 1 amide bonds. The third-order valence-electron chi connectivity index (χ3n) is 10.1. The third kappa shape index (κ3) is 5.10. The first-order chi connectivity index (χ1) is 20.9. The average Bonchev–Trinajstić information content (AvgIpc) is 2.93. The van der Waals surface area contributed by atoms with E-state index in [1.165, 1.54) is 5.56 Å². The predicted molar refractivity (Wildman–Crippen MR) is 169 cm³/mol. The van der Waals surface area contributed by atoms with Crippen LogP contribution >= 0.6 is 0 Å². The Morgan fingerprint density at radius 3 is 2.22 bits per heavy atom. The van der Waals surface area contributed by atoms with E-state index in [4.69, 9.17) is 5.73 Å².